The van der Waals surface area contributed by atoms with Crippen LogP contribution in [0, 0.1) is 5.41 Å². The second kappa shape index (κ2) is 5.28. The minimum Gasteiger partial charge on any atom is -0.317 e. The highest BCUT2D eigenvalue weighted by Crippen LogP contribution is 2.34. The molecule has 1 spiro atoms. The SMILES string of the molecule is C1CC2(CCN1)CCNC2.Cl.Cl. The van der Waals surface area contributed by atoms with Gasteiger partial charge in [0.15, 0.2) is 0 Å². The van der Waals surface area contributed by atoms with Gasteiger partial charge >= 0.3 is 0 Å². The molecule has 2 saturated heterocycles. The van der Waals surface area contributed by atoms with Gasteiger partial charge in [0.1, 0.15) is 0 Å². The van der Waals surface area contributed by atoms with Gasteiger partial charge in [-0.05, 0) is 44.3 Å². The average molecular weight is 213 g/mol. The summed E-state index contributed by atoms with van der Waals surface area (Å²) in [5, 5.41) is 6.86. The van der Waals surface area contributed by atoms with Crippen molar-refractivity contribution in [3.63, 3.8) is 0 Å². The van der Waals surface area contributed by atoms with Crippen LogP contribution in [-0.2, 0) is 0 Å². The molecule has 2 heterocycles. The third kappa shape index (κ3) is 2.49. The summed E-state index contributed by atoms with van der Waals surface area (Å²) < 4.78 is 0. The molecule has 0 bridgehead atoms. The minimum absolute atomic E-state index is 0. The van der Waals surface area contributed by atoms with E-state index in [1.54, 1.807) is 0 Å². The largest absolute Gasteiger partial charge is 0.317 e. The lowest BCUT2D eigenvalue weighted by Gasteiger charge is -2.32. The lowest BCUT2D eigenvalue weighted by atomic mass is 9.78. The van der Waals surface area contributed by atoms with Crippen molar-refractivity contribution in [1.82, 2.24) is 10.6 Å². The standard InChI is InChI=1S/C8H16N2.2ClH/c1-4-9-5-2-8(1)3-6-10-7-8;;/h9-10H,1-7H2;2*1H. The molecule has 0 aromatic rings. The lowest BCUT2D eigenvalue weighted by molar-refractivity contribution is 0.229. The molecule has 2 rings (SSSR count). The molecular formula is C8H18Cl2N2. The summed E-state index contributed by atoms with van der Waals surface area (Å²) in [6, 6.07) is 0. The Labute approximate surface area is 86.7 Å². The van der Waals surface area contributed by atoms with Crippen LogP contribution in [-0.4, -0.2) is 26.2 Å². The first-order valence-corrected chi connectivity index (χ1v) is 4.33. The summed E-state index contributed by atoms with van der Waals surface area (Å²) in [6.07, 6.45) is 4.19. The van der Waals surface area contributed by atoms with Crippen molar-refractivity contribution in [1.29, 1.82) is 0 Å². The molecule has 2 N–H and O–H groups in total. The predicted molar refractivity (Wildman–Crippen MR) is 56.5 cm³/mol. The molecule has 2 fully saturated rings. The van der Waals surface area contributed by atoms with Gasteiger partial charge in [0.25, 0.3) is 0 Å². The molecule has 74 valence electrons. The van der Waals surface area contributed by atoms with Gasteiger partial charge in [-0.2, -0.15) is 0 Å². The predicted octanol–water partition coefficient (Wildman–Crippen LogP) is 1.19. The van der Waals surface area contributed by atoms with Gasteiger partial charge in [-0.15, -0.1) is 24.8 Å². The molecule has 12 heavy (non-hydrogen) atoms. The summed E-state index contributed by atoms with van der Waals surface area (Å²) in [6.45, 7) is 5.00. The first-order valence-electron chi connectivity index (χ1n) is 4.33. The Morgan fingerprint density at radius 3 is 1.75 bits per heavy atom. The van der Waals surface area contributed by atoms with Gasteiger partial charge < -0.3 is 10.6 Å². The molecule has 4 heteroatoms. The van der Waals surface area contributed by atoms with Crippen LogP contribution in [0.4, 0.5) is 0 Å². The third-order valence-corrected chi connectivity index (χ3v) is 3.00. The number of hydrogen-bond acceptors (Lipinski definition) is 2. The lowest BCUT2D eigenvalue weighted by Crippen LogP contribution is -2.37. The van der Waals surface area contributed by atoms with E-state index in [9.17, 15) is 0 Å². The number of nitrogens with one attached hydrogen (secondary N) is 2. The van der Waals surface area contributed by atoms with Gasteiger partial charge in [0, 0.05) is 6.54 Å². The molecule has 0 aromatic heterocycles. The van der Waals surface area contributed by atoms with Crippen molar-refractivity contribution < 1.29 is 0 Å². The van der Waals surface area contributed by atoms with E-state index in [4.69, 9.17) is 0 Å². The zero-order chi connectivity index (χ0) is 6.86. The Bertz CT molecular complexity index is 116. The van der Waals surface area contributed by atoms with E-state index in [0.29, 0.717) is 5.41 Å². The summed E-state index contributed by atoms with van der Waals surface area (Å²) in [7, 11) is 0. The Balaban J connectivity index is 0.000000605. The van der Waals surface area contributed by atoms with Crippen molar-refractivity contribution in [2.75, 3.05) is 26.2 Å². The van der Waals surface area contributed by atoms with E-state index in [-0.39, 0.29) is 24.8 Å². The van der Waals surface area contributed by atoms with Gasteiger partial charge in [-0.3, -0.25) is 0 Å². The first kappa shape index (κ1) is 12.5. The third-order valence-electron chi connectivity index (χ3n) is 3.00. The highest BCUT2D eigenvalue weighted by Gasteiger charge is 2.34. The van der Waals surface area contributed by atoms with Crippen LogP contribution >= 0.6 is 24.8 Å². The van der Waals surface area contributed by atoms with Gasteiger partial charge in [-0.1, -0.05) is 0 Å². The molecule has 0 atom stereocenters. The molecule has 2 aliphatic rings. The topological polar surface area (TPSA) is 24.1 Å². The van der Waals surface area contributed by atoms with Gasteiger partial charge in [-0.25, -0.2) is 0 Å². The minimum atomic E-state index is 0. The summed E-state index contributed by atoms with van der Waals surface area (Å²) in [4.78, 5) is 0. The van der Waals surface area contributed by atoms with E-state index >= 15 is 0 Å². The van der Waals surface area contributed by atoms with Gasteiger partial charge in [0.2, 0.25) is 0 Å². The van der Waals surface area contributed by atoms with Crippen molar-refractivity contribution in [3.05, 3.63) is 0 Å². The number of halogens is 2. The Morgan fingerprint density at radius 2 is 1.25 bits per heavy atom. The van der Waals surface area contributed by atoms with Crippen LogP contribution in [0.1, 0.15) is 19.3 Å². The maximum absolute atomic E-state index is 3.46. The molecule has 0 unspecified atom stereocenters. The molecule has 0 aromatic carbocycles. The zero-order valence-electron chi connectivity index (χ0n) is 7.27. The van der Waals surface area contributed by atoms with Crippen LogP contribution in [0.15, 0.2) is 0 Å². The zero-order valence-corrected chi connectivity index (χ0v) is 8.90. The molecule has 0 saturated carbocycles. The Hall–Kier alpha value is 0.500. The fraction of sp³-hybridized carbons (Fsp3) is 1.00. The van der Waals surface area contributed by atoms with Crippen LogP contribution in [0.3, 0.4) is 0 Å². The monoisotopic (exact) mass is 212 g/mol. The highest BCUT2D eigenvalue weighted by atomic mass is 35.5. The Morgan fingerprint density at radius 1 is 0.750 bits per heavy atom. The summed E-state index contributed by atoms with van der Waals surface area (Å²) >= 11 is 0. The molecule has 0 amide bonds. The normalized spacial score (nSPS) is 26.0. The van der Waals surface area contributed by atoms with E-state index in [1.165, 1.54) is 45.4 Å². The number of rotatable bonds is 0. The van der Waals surface area contributed by atoms with Crippen LogP contribution in [0.5, 0.6) is 0 Å². The smallest absolute Gasteiger partial charge is 0.000924 e. The van der Waals surface area contributed by atoms with Crippen LogP contribution < -0.4 is 10.6 Å². The van der Waals surface area contributed by atoms with Crippen molar-refractivity contribution in [2.45, 2.75) is 19.3 Å². The van der Waals surface area contributed by atoms with Crippen molar-refractivity contribution in [2.24, 2.45) is 5.41 Å². The fourth-order valence-corrected chi connectivity index (χ4v) is 2.18. The second-order valence-electron chi connectivity index (χ2n) is 3.68. The summed E-state index contributed by atoms with van der Waals surface area (Å²) in [5.74, 6) is 0. The molecule has 2 aliphatic heterocycles. The first-order chi connectivity index (χ1) is 4.91. The number of piperidine rings is 1. The number of hydrogen-bond donors (Lipinski definition) is 2. The molecule has 0 aliphatic carbocycles. The molecular weight excluding hydrogens is 195 g/mol. The van der Waals surface area contributed by atoms with E-state index in [1.807, 2.05) is 0 Å². The van der Waals surface area contributed by atoms with E-state index in [2.05, 4.69) is 10.6 Å². The fourth-order valence-electron chi connectivity index (χ4n) is 2.18. The van der Waals surface area contributed by atoms with Crippen LogP contribution in [0.25, 0.3) is 0 Å². The van der Waals surface area contributed by atoms with E-state index < -0.39 is 0 Å². The molecule has 2 nitrogen and oxygen atoms in total. The molecule has 0 radical (unpaired) electrons. The Kier molecular flexibility index (Phi) is 5.50. The summed E-state index contributed by atoms with van der Waals surface area (Å²) in [5.41, 5.74) is 0.700. The maximum atomic E-state index is 3.46. The van der Waals surface area contributed by atoms with Crippen LogP contribution in [0.2, 0.25) is 0 Å². The van der Waals surface area contributed by atoms with E-state index in [0.717, 1.165) is 0 Å². The highest BCUT2D eigenvalue weighted by molar-refractivity contribution is 5.85. The van der Waals surface area contributed by atoms with Crippen molar-refractivity contribution >= 4 is 24.8 Å². The second-order valence-corrected chi connectivity index (χ2v) is 3.68. The van der Waals surface area contributed by atoms with Gasteiger partial charge in [0.05, 0.1) is 0 Å². The average Bonchev–Trinajstić information content (AvgIpc) is 2.39. The maximum Gasteiger partial charge on any atom is 0.000924 e. The quantitative estimate of drug-likeness (QED) is 0.631. The van der Waals surface area contributed by atoms with Crippen molar-refractivity contribution in [3.8, 4) is 0 Å².